The number of nitrogens with zero attached hydrogens (tertiary/aromatic N) is 1. The van der Waals surface area contributed by atoms with Crippen LogP contribution in [0, 0.1) is 11.8 Å². The molecule has 1 aromatic heterocycles. The Morgan fingerprint density at radius 3 is 2.44 bits per heavy atom. The van der Waals surface area contributed by atoms with Crippen LogP contribution in [0.5, 0.6) is 5.75 Å². The van der Waals surface area contributed by atoms with Gasteiger partial charge in [0.05, 0.1) is 29.7 Å². The van der Waals surface area contributed by atoms with Gasteiger partial charge in [-0.2, -0.15) is 0 Å². The third-order valence-electron chi connectivity index (χ3n) is 7.39. The second-order valence-electron chi connectivity index (χ2n) is 10.2. The van der Waals surface area contributed by atoms with Crippen LogP contribution in [0.15, 0.2) is 48.8 Å². The van der Waals surface area contributed by atoms with E-state index in [2.05, 4.69) is 26.3 Å². The van der Waals surface area contributed by atoms with Crippen LogP contribution in [0.4, 0.5) is 0 Å². The second kappa shape index (κ2) is 13.5. The number of hydrogen-bond acceptors (Lipinski definition) is 8. The zero-order chi connectivity index (χ0) is 28.7. The smallest absolute Gasteiger partial charge is 0.255 e. The van der Waals surface area contributed by atoms with Crippen LogP contribution in [-0.4, -0.2) is 74.5 Å². The lowest BCUT2D eigenvalue weighted by molar-refractivity contribution is -0.135. The molecule has 8 atom stereocenters. The van der Waals surface area contributed by atoms with Gasteiger partial charge in [0.1, 0.15) is 18.0 Å². The molecule has 1 fully saturated rings. The SMILES string of the molecule is CCC(C)C1NC(=O)[C@H](C)[C@H](O)[C@H](Cc2cccnc2)NC(O)[C@@H](NC(=O)c2ccccc2O)[C@@H](C)NC1=O. The first-order valence-corrected chi connectivity index (χ1v) is 13.2. The Balaban J connectivity index is 1.99. The highest BCUT2D eigenvalue weighted by Gasteiger charge is 2.39. The van der Waals surface area contributed by atoms with Crippen molar-refractivity contribution in [2.45, 2.75) is 77.0 Å². The summed E-state index contributed by atoms with van der Waals surface area (Å²) in [4.78, 5) is 43.6. The highest BCUT2D eigenvalue weighted by atomic mass is 16.3. The predicted octanol–water partition coefficient (Wildman–Crippen LogP) is 0.451. The zero-order valence-corrected chi connectivity index (χ0v) is 22.7. The summed E-state index contributed by atoms with van der Waals surface area (Å²) in [6.45, 7) is 6.91. The molecule has 0 spiro atoms. The minimum absolute atomic E-state index is 0.000320. The molecule has 1 saturated heterocycles. The number of phenolic OH excluding ortho intramolecular Hbond substituents is 1. The van der Waals surface area contributed by atoms with Gasteiger partial charge in [0, 0.05) is 18.4 Å². The zero-order valence-electron chi connectivity index (χ0n) is 22.7. The van der Waals surface area contributed by atoms with E-state index < -0.39 is 60.1 Å². The van der Waals surface area contributed by atoms with Gasteiger partial charge in [-0.05, 0) is 43.0 Å². The molecule has 2 heterocycles. The molecule has 2 aromatic rings. The van der Waals surface area contributed by atoms with Crippen molar-refractivity contribution in [1.82, 2.24) is 26.3 Å². The molecular weight excluding hydrogens is 502 g/mol. The fourth-order valence-electron chi connectivity index (χ4n) is 4.64. The van der Waals surface area contributed by atoms with Crippen molar-refractivity contribution < 1.29 is 29.7 Å². The number of aliphatic hydroxyl groups is 2. The van der Waals surface area contributed by atoms with Gasteiger partial charge in [-0.15, -0.1) is 0 Å². The molecule has 7 N–H and O–H groups in total. The Bertz CT molecular complexity index is 1130. The van der Waals surface area contributed by atoms with Crippen LogP contribution in [-0.2, 0) is 16.0 Å². The van der Waals surface area contributed by atoms with Crippen molar-refractivity contribution in [3.8, 4) is 5.75 Å². The summed E-state index contributed by atoms with van der Waals surface area (Å²) in [6.07, 6.45) is 1.35. The summed E-state index contributed by atoms with van der Waals surface area (Å²) in [5, 5.41) is 44.1. The summed E-state index contributed by atoms with van der Waals surface area (Å²) in [5.74, 6) is -3.02. The molecule has 3 unspecified atom stereocenters. The van der Waals surface area contributed by atoms with Gasteiger partial charge in [-0.3, -0.25) is 24.7 Å². The molecule has 39 heavy (non-hydrogen) atoms. The Morgan fingerprint density at radius 1 is 1.08 bits per heavy atom. The highest BCUT2D eigenvalue weighted by molar-refractivity contribution is 5.97. The molecule has 1 aliphatic rings. The standard InChI is InChI=1S/C28H39N5O6/c1-5-15(2)22-27(38)30-17(4)23(33-26(37)19-10-6-7-11-21(19)34)28(39)31-20(13-18-9-8-12-29-14-18)24(35)16(3)25(36)32-22/h6-12,14-17,20,22-24,28,31,34-35,39H,5,13H2,1-4H3,(H,30,38)(H,32,36)(H,33,37)/t15?,16-,17-,20+,22?,23+,24+,28?/m1/s1. The molecule has 0 radical (unpaired) electrons. The van der Waals surface area contributed by atoms with Gasteiger partial charge in [0.15, 0.2) is 0 Å². The van der Waals surface area contributed by atoms with E-state index in [-0.39, 0.29) is 23.7 Å². The van der Waals surface area contributed by atoms with Crippen molar-refractivity contribution in [2.75, 3.05) is 0 Å². The Morgan fingerprint density at radius 2 is 1.79 bits per heavy atom. The average molecular weight is 542 g/mol. The largest absolute Gasteiger partial charge is 0.507 e. The van der Waals surface area contributed by atoms with Crippen molar-refractivity contribution in [2.24, 2.45) is 11.8 Å². The number of nitrogens with one attached hydrogen (secondary N) is 4. The number of para-hydroxylation sites is 1. The predicted molar refractivity (Wildman–Crippen MR) is 144 cm³/mol. The van der Waals surface area contributed by atoms with Gasteiger partial charge in [0.25, 0.3) is 5.91 Å². The highest BCUT2D eigenvalue weighted by Crippen LogP contribution is 2.19. The van der Waals surface area contributed by atoms with E-state index in [0.29, 0.717) is 6.42 Å². The molecule has 3 amide bonds. The number of rotatable bonds is 6. The molecule has 1 aliphatic heterocycles. The van der Waals surface area contributed by atoms with Crippen LogP contribution >= 0.6 is 0 Å². The van der Waals surface area contributed by atoms with Gasteiger partial charge in [-0.1, -0.05) is 45.4 Å². The molecule has 11 heteroatoms. The Hall–Kier alpha value is -3.54. The first-order chi connectivity index (χ1) is 18.5. The van der Waals surface area contributed by atoms with Crippen molar-refractivity contribution in [1.29, 1.82) is 0 Å². The van der Waals surface area contributed by atoms with Gasteiger partial charge in [0.2, 0.25) is 11.8 Å². The Labute approximate surface area is 228 Å². The van der Waals surface area contributed by atoms with Crippen LogP contribution in [0.2, 0.25) is 0 Å². The van der Waals surface area contributed by atoms with Crippen molar-refractivity contribution >= 4 is 17.7 Å². The number of aliphatic hydroxyl groups excluding tert-OH is 2. The van der Waals surface area contributed by atoms with Crippen molar-refractivity contribution in [3.63, 3.8) is 0 Å². The monoisotopic (exact) mass is 541 g/mol. The molecule has 0 saturated carbocycles. The second-order valence-corrected chi connectivity index (χ2v) is 10.2. The molecule has 3 rings (SSSR count). The maximum atomic E-state index is 13.3. The van der Waals surface area contributed by atoms with Gasteiger partial charge < -0.3 is 31.3 Å². The quantitative estimate of drug-likeness (QED) is 0.276. The summed E-state index contributed by atoms with van der Waals surface area (Å²) < 4.78 is 0. The minimum Gasteiger partial charge on any atom is -0.507 e. The maximum Gasteiger partial charge on any atom is 0.255 e. The van der Waals surface area contributed by atoms with Gasteiger partial charge >= 0.3 is 0 Å². The molecule has 0 aliphatic carbocycles. The number of pyridine rings is 1. The average Bonchev–Trinajstić information content (AvgIpc) is 2.92. The van der Waals surface area contributed by atoms with E-state index in [1.807, 2.05) is 19.9 Å². The summed E-state index contributed by atoms with van der Waals surface area (Å²) in [7, 11) is 0. The van der Waals surface area contributed by atoms with Gasteiger partial charge in [-0.25, -0.2) is 0 Å². The number of carbonyl (C=O) groups is 3. The lowest BCUT2D eigenvalue weighted by atomic mass is 9.90. The first-order valence-electron chi connectivity index (χ1n) is 13.2. The summed E-state index contributed by atoms with van der Waals surface area (Å²) in [5.41, 5.74) is 0.759. The third kappa shape index (κ3) is 7.53. The normalized spacial score (nSPS) is 29.2. The number of carbonyl (C=O) groups excluding carboxylic acids is 3. The van der Waals surface area contributed by atoms with Crippen LogP contribution in [0.1, 0.15) is 50.0 Å². The molecule has 0 bridgehead atoms. The third-order valence-corrected chi connectivity index (χ3v) is 7.39. The van der Waals surface area contributed by atoms with E-state index >= 15 is 0 Å². The lowest BCUT2D eigenvalue weighted by Gasteiger charge is -2.38. The van der Waals surface area contributed by atoms with Crippen LogP contribution in [0.25, 0.3) is 0 Å². The molecular formula is C28H39N5O6. The fraction of sp³-hybridized carbons (Fsp3) is 0.500. The van der Waals surface area contributed by atoms with E-state index in [4.69, 9.17) is 0 Å². The lowest BCUT2D eigenvalue weighted by Crippen LogP contribution is -2.66. The summed E-state index contributed by atoms with van der Waals surface area (Å²) >= 11 is 0. The van der Waals surface area contributed by atoms with Crippen LogP contribution < -0.4 is 21.3 Å². The number of aromatic nitrogens is 1. The maximum absolute atomic E-state index is 13.3. The van der Waals surface area contributed by atoms with E-state index in [9.17, 15) is 29.7 Å². The number of hydrogen-bond donors (Lipinski definition) is 7. The number of aromatic hydroxyl groups is 1. The molecule has 212 valence electrons. The fourth-order valence-corrected chi connectivity index (χ4v) is 4.64. The van der Waals surface area contributed by atoms with Crippen LogP contribution in [0.3, 0.4) is 0 Å². The summed E-state index contributed by atoms with van der Waals surface area (Å²) in [6, 6.07) is 5.94. The van der Waals surface area contributed by atoms with E-state index in [1.165, 1.54) is 12.1 Å². The minimum atomic E-state index is -1.46. The number of benzene rings is 1. The van der Waals surface area contributed by atoms with Crippen molar-refractivity contribution in [3.05, 3.63) is 59.9 Å². The van der Waals surface area contributed by atoms with E-state index in [0.717, 1.165) is 5.56 Å². The first kappa shape index (κ1) is 30.0. The topological polar surface area (TPSA) is 173 Å². The molecule has 1 aromatic carbocycles. The Kier molecular flexibility index (Phi) is 10.4. The number of amides is 3. The van der Waals surface area contributed by atoms with E-state index in [1.54, 1.807) is 44.4 Å². The number of phenols is 1. The molecule has 11 nitrogen and oxygen atoms in total.